The highest BCUT2D eigenvalue weighted by atomic mass is 16.6. The van der Waals surface area contributed by atoms with Gasteiger partial charge in [-0.25, -0.2) is 4.68 Å². The van der Waals surface area contributed by atoms with Gasteiger partial charge in [-0.15, -0.1) is 0 Å². The number of nitro groups is 1. The molecule has 7 nitrogen and oxygen atoms in total. The van der Waals surface area contributed by atoms with E-state index in [0.29, 0.717) is 22.8 Å². The molecule has 0 saturated carbocycles. The molecule has 104 valence electrons. The number of anilines is 1. The number of hydrogen-bond acceptors (Lipinski definition) is 5. The molecular weight excluding hydrogens is 270 g/mol. The van der Waals surface area contributed by atoms with Crippen LogP contribution in [0.4, 0.5) is 11.4 Å². The van der Waals surface area contributed by atoms with Crippen LogP contribution in [0.25, 0.3) is 17.1 Å². The topological polar surface area (TPSA) is 99.9 Å². The first-order valence-electron chi connectivity index (χ1n) is 6.16. The van der Waals surface area contributed by atoms with Gasteiger partial charge in [0.25, 0.3) is 5.69 Å². The molecule has 0 atom stereocenters. The Morgan fingerprint density at radius 1 is 1.14 bits per heavy atom. The molecular formula is C14H11N5O2. The van der Waals surface area contributed by atoms with E-state index in [1.54, 1.807) is 29.2 Å². The summed E-state index contributed by atoms with van der Waals surface area (Å²) in [6.45, 7) is 0. The van der Waals surface area contributed by atoms with Crippen LogP contribution in [-0.4, -0.2) is 19.7 Å². The summed E-state index contributed by atoms with van der Waals surface area (Å²) in [5, 5.41) is 15.0. The number of non-ortho nitro benzene ring substituents is 1. The molecule has 1 aromatic carbocycles. The number of nitro benzene ring substituents is 1. The van der Waals surface area contributed by atoms with Crippen LogP contribution in [0.5, 0.6) is 0 Å². The van der Waals surface area contributed by atoms with E-state index in [1.807, 2.05) is 18.2 Å². The monoisotopic (exact) mass is 281 g/mol. The molecule has 0 aliphatic carbocycles. The summed E-state index contributed by atoms with van der Waals surface area (Å²) in [7, 11) is 0. The predicted octanol–water partition coefficient (Wildman–Crippen LogP) is 2.42. The van der Waals surface area contributed by atoms with Crippen LogP contribution < -0.4 is 5.73 Å². The SMILES string of the molecule is Nc1cn(-c2ccc([N+](=O)[O-])cc2)nc1-c1ccccn1. The lowest BCUT2D eigenvalue weighted by Crippen LogP contribution is -1.96. The van der Waals surface area contributed by atoms with Crippen molar-refractivity contribution in [2.75, 3.05) is 5.73 Å². The molecule has 2 heterocycles. The van der Waals surface area contributed by atoms with Gasteiger partial charge < -0.3 is 5.73 Å². The average molecular weight is 281 g/mol. The number of pyridine rings is 1. The van der Waals surface area contributed by atoms with E-state index in [0.717, 1.165) is 0 Å². The molecule has 3 aromatic rings. The fourth-order valence-electron chi connectivity index (χ4n) is 1.95. The molecule has 0 spiro atoms. The van der Waals surface area contributed by atoms with Gasteiger partial charge in [-0.2, -0.15) is 5.10 Å². The molecule has 0 saturated heterocycles. The minimum Gasteiger partial charge on any atom is -0.396 e. The van der Waals surface area contributed by atoms with Crippen LogP contribution >= 0.6 is 0 Å². The van der Waals surface area contributed by atoms with Crippen molar-refractivity contribution in [3.8, 4) is 17.1 Å². The Morgan fingerprint density at radius 2 is 1.90 bits per heavy atom. The summed E-state index contributed by atoms with van der Waals surface area (Å²) in [4.78, 5) is 14.4. The number of hydrogen-bond donors (Lipinski definition) is 1. The van der Waals surface area contributed by atoms with Crippen LogP contribution in [0.3, 0.4) is 0 Å². The summed E-state index contributed by atoms with van der Waals surface area (Å²) in [6, 6.07) is 11.6. The maximum absolute atomic E-state index is 10.6. The summed E-state index contributed by atoms with van der Waals surface area (Å²) in [5.41, 5.74) is 8.42. The molecule has 0 amide bonds. The van der Waals surface area contributed by atoms with Gasteiger partial charge in [0.05, 0.1) is 28.2 Å². The van der Waals surface area contributed by atoms with Crippen LogP contribution in [0.2, 0.25) is 0 Å². The van der Waals surface area contributed by atoms with E-state index in [-0.39, 0.29) is 5.69 Å². The van der Waals surface area contributed by atoms with Crippen molar-refractivity contribution in [1.82, 2.24) is 14.8 Å². The van der Waals surface area contributed by atoms with Gasteiger partial charge in [0.15, 0.2) is 0 Å². The van der Waals surface area contributed by atoms with Crippen molar-refractivity contribution in [2.45, 2.75) is 0 Å². The Hall–Kier alpha value is -3.22. The number of nitrogen functional groups attached to an aromatic ring is 1. The summed E-state index contributed by atoms with van der Waals surface area (Å²) in [5.74, 6) is 0. The van der Waals surface area contributed by atoms with Gasteiger partial charge in [0.2, 0.25) is 0 Å². The van der Waals surface area contributed by atoms with Crippen LogP contribution in [0.15, 0.2) is 54.9 Å². The second kappa shape index (κ2) is 5.04. The van der Waals surface area contributed by atoms with Crippen LogP contribution in [-0.2, 0) is 0 Å². The molecule has 21 heavy (non-hydrogen) atoms. The lowest BCUT2D eigenvalue weighted by molar-refractivity contribution is -0.384. The molecule has 0 aliphatic rings. The Balaban J connectivity index is 1.99. The summed E-state index contributed by atoms with van der Waals surface area (Å²) < 4.78 is 1.57. The van der Waals surface area contributed by atoms with Crippen molar-refractivity contribution < 1.29 is 4.92 Å². The number of aromatic nitrogens is 3. The quantitative estimate of drug-likeness (QED) is 0.587. The van der Waals surface area contributed by atoms with Crippen LogP contribution in [0, 0.1) is 10.1 Å². The first-order valence-corrected chi connectivity index (χ1v) is 6.16. The average Bonchev–Trinajstić information content (AvgIpc) is 2.90. The first kappa shape index (κ1) is 12.8. The fourth-order valence-corrected chi connectivity index (χ4v) is 1.95. The van der Waals surface area contributed by atoms with Crippen molar-refractivity contribution in [3.05, 3.63) is 65.0 Å². The number of nitrogens with two attached hydrogens (primary N) is 1. The third kappa shape index (κ3) is 2.44. The minimum atomic E-state index is -0.444. The zero-order valence-electron chi connectivity index (χ0n) is 10.9. The van der Waals surface area contributed by atoms with Crippen molar-refractivity contribution in [1.29, 1.82) is 0 Å². The maximum Gasteiger partial charge on any atom is 0.269 e. The van der Waals surface area contributed by atoms with E-state index in [9.17, 15) is 10.1 Å². The first-order chi connectivity index (χ1) is 10.1. The standard InChI is InChI=1S/C14H11N5O2/c15-12-9-18(10-4-6-11(7-5-10)19(20)21)17-14(12)13-3-1-2-8-16-13/h1-9H,15H2. The zero-order valence-corrected chi connectivity index (χ0v) is 10.9. The second-order valence-corrected chi connectivity index (χ2v) is 4.37. The molecule has 3 rings (SSSR count). The zero-order chi connectivity index (χ0) is 14.8. The van der Waals surface area contributed by atoms with Crippen LogP contribution in [0.1, 0.15) is 0 Å². The van der Waals surface area contributed by atoms with Gasteiger partial charge in [-0.3, -0.25) is 15.1 Å². The van der Waals surface area contributed by atoms with Gasteiger partial charge >= 0.3 is 0 Å². The lowest BCUT2D eigenvalue weighted by Gasteiger charge is -2.00. The Bertz CT molecular complexity index is 781. The molecule has 2 N–H and O–H groups in total. The Morgan fingerprint density at radius 3 is 2.52 bits per heavy atom. The van der Waals surface area contributed by atoms with E-state index in [4.69, 9.17) is 5.73 Å². The fraction of sp³-hybridized carbons (Fsp3) is 0. The van der Waals surface area contributed by atoms with Crippen molar-refractivity contribution in [2.24, 2.45) is 0 Å². The highest BCUT2D eigenvalue weighted by Gasteiger charge is 2.11. The third-order valence-corrected chi connectivity index (χ3v) is 2.98. The predicted molar refractivity (Wildman–Crippen MR) is 77.9 cm³/mol. The molecule has 7 heteroatoms. The van der Waals surface area contributed by atoms with E-state index in [1.165, 1.54) is 12.1 Å². The molecule has 0 fully saturated rings. The Labute approximate surface area is 119 Å². The highest BCUT2D eigenvalue weighted by molar-refractivity contribution is 5.69. The van der Waals surface area contributed by atoms with Gasteiger partial charge in [-0.1, -0.05) is 6.07 Å². The number of rotatable bonds is 3. The summed E-state index contributed by atoms with van der Waals surface area (Å²) in [6.07, 6.45) is 3.32. The van der Waals surface area contributed by atoms with Crippen molar-refractivity contribution in [3.63, 3.8) is 0 Å². The van der Waals surface area contributed by atoms with Gasteiger partial charge in [0, 0.05) is 18.3 Å². The number of benzene rings is 1. The second-order valence-electron chi connectivity index (χ2n) is 4.37. The molecule has 0 radical (unpaired) electrons. The molecule has 0 bridgehead atoms. The normalized spacial score (nSPS) is 10.5. The smallest absolute Gasteiger partial charge is 0.269 e. The maximum atomic E-state index is 10.6. The molecule has 0 unspecified atom stereocenters. The van der Waals surface area contributed by atoms with Gasteiger partial charge in [-0.05, 0) is 24.3 Å². The van der Waals surface area contributed by atoms with E-state index >= 15 is 0 Å². The lowest BCUT2D eigenvalue weighted by atomic mass is 10.2. The van der Waals surface area contributed by atoms with E-state index in [2.05, 4.69) is 10.1 Å². The van der Waals surface area contributed by atoms with Gasteiger partial charge in [0.1, 0.15) is 5.69 Å². The largest absolute Gasteiger partial charge is 0.396 e. The van der Waals surface area contributed by atoms with E-state index < -0.39 is 4.92 Å². The third-order valence-electron chi connectivity index (χ3n) is 2.98. The molecule has 0 aliphatic heterocycles. The minimum absolute atomic E-state index is 0.0313. The van der Waals surface area contributed by atoms with Crippen molar-refractivity contribution >= 4 is 11.4 Å². The number of nitrogens with zero attached hydrogens (tertiary/aromatic N) is 4. The summed E-state index contributed by atoms with van der Waals surface area (Å²) >= 11 is 0. The highest BCUT2D eigenvalue weighted by Crippen LogP contribution is 2.24. The Kier molecular flexibility index (Phi) is 3.07. The molecule has 2 aromatic heterocycles.